The maximum Gasteiger partial charge on any atom is 0.345 e. The van der Waals surface area contributed by atoms with Gasteiger partial charge in [-0.05, 0) is 39.7 Å². The van der Waals surface area contributed by atoms with Gasteiger partial charge in [-0.1, -0.05) is 44.1 Å². The van der Waals surface area contributed by atoms with Crippen molar-refractivity contribution in [1.29, 1.82) is 0 Å². The number of rotatable bonds is 6. The molecule has 1 aromatic rings. The average molecular weight is 331 g/mol. The van der Waals surface area contributed by atoms with Crippen LogP contribution in [0.2, 0.25) is 0 Å². The average Bonchev–Trinajstić information content (AvgIpc) is 2.45. The third-order valence-corrected chi connectivity index (χ3v) is 3.59. The van der Waals surface area contributed by atoms with Crippen molar-refractivity contribution in [2.45, 2.75) is 59.8 Å². The van der Waals surface area contributed by atoms with E-state index in [1.165, 1.54) is 11.1 Å². The minimum absolute atomic E-state index is 0.152. The number of carbonyl (C=O) groups excluding carboxylic acids is 1. The summed E-state index contributed by atoms with van der Waals surface area (Å²) in [6.07, 6.45) is 6.17. The number of aromatic amines is 1. The van der Waals surface area contributed by atoms with Crippen LogP contribution in [0.5, 0.6) is 0 Å². The molecular formula is C19H29N3O2. The summed E-state index contributed by atoms with van der Waals surface area (Å²) in [7, 11) is 0. The topological polar surface area (TPSA) is 74.8 Å². The fourth-order valence-electron chi connectivity index (χ4n) is 2.08. The molecular weight excluding hydrogens is 302 g/mol. The van der Waals surface area contributed by atoms with Crippen molar-refractivity contribution < 1.29 is 4.79 Å². The number of aromatic nitrogens is 2. The molecule has 5 heteroatoms. The lowest BCUT2D eigenvalue weighted by Crippen LogP contribution is -2.30. The first-order chi connectivity index (χ1) is 11.1. The number of nitrogens with zero attached hydrogens (tertiary/aromatic N) is 1. The van der Waals surface area contributed by atoms with E-state index in [1.54, 1.807) is 6.07 Å². The van der Waals surface area contributed by atoms with E-state index in [9.17, 15) is 9.59 Å². The van der Waals surface area contributed by atoms with Gasteiger partial charge >= 0.3 is 5.69 Å². The van der Waals surface area contributed by atoms with Crippen molar-refractivity contribution in [3.05, 3.63) is 51.2 Å². The van der Waals surface area contributed by atoms with Gasteiger partial charge in [-0.3, -0.25) is 4.79 Å². The molecule has 1 aromatic heterocycles. The van der Waals surface area contributed by atoms with Crippen LogP contribution in [0.3, 0.4) is 0 Å². The second-order valence-corrected chi connectivity index (χ2v) is 7.32. The number of hydrogen-bond acceptors (Lipinski definition) is 3. The van der Waals surface area contributed by atoms with Crippen molar-refractivity contribution >= 4 is 5.91 Å². The first-order valence-electron chi connectivity index (χ1n) is 8.28. The zero-order valence-corrected chi connectivity index (χ0v) is 15.6. The molecule has 24 heavy (non-hydrogen) atoms. The Bertz CT molecular complexity index is 687. The first-order valence-corrected chi connectivity index (χ1v) is 8.28. The smallest absolute Gasteiger partial charge is 0.345 e. The fraction of sp³-hybridized carbons (Fsp3) is 0.526. The molecule has 0 aliphatic heterocycles. The maximum absolute atomic E-state index is 12.2. The van der Waals surface area contributed by atoms with Crippen LogP contribution < -0.4 is 11.0 Å². The Morgan fingerprint density at radius 1 is 1.25 bits per heavy atom. The molecule has 0 radical (unpaired) electrons. The Kier molecular flexibility index (Phi) is 7.14. The lowest BCUT2D eigenvalue weighted by Gasteiger charge is -2.18. The quantitative estimate of drug-likeness (QED) is 0.784. The van der Waals surface area contributed by atoms with E-state index in [2.05, 4.69) is 35.2 Å². The van der Waals surface area contributed by atoms with Gasteiger partial charge in [0.25, 0.3) is 5.91 Å². The second kappa shape index (κ2) is 8.62. The summed E-state index contributed by atoms with van der Waals surface area (Å²) >= 11 is 0. The Labute approximate surface area is 144 Å². The highest BCUT2D eigenvalue weighted by Crippen LogP contribution is 2.18. The fourth-order valence-corrected chi connectivity index (χ4v) is 2.08. The predicted octanol–water partition coefficient (Wildman–Crippen LogP) is 3.49. The van der Waals surface area contributed by atoms with Gasteiger partial charge in [0.2, 0.25) is 0 Å². The van der Waals surface area contributed by atoms with Crippen LogP contribution in [0.25, 0.3) is 0 Å². The van der Waals surface area contributed by atoms with Crippen molar-refractivity contribution in [2.24, 2.45) is 0 Å². The van der Waals surface area contributed by atoms with Crippen molar-refractivity contribution in [2.75, 3.05) is 6.54 Å². The molecule has 0 unspecified atom stereocenters. The summed E-state index contributed by atoms with van der Waals surface area (Å²) in [5, 5.41) is 2.79. The molecule has 1 heterocycles. The van der Waals surface area contributed by atoms with Gasteiger partial charge in [0.15, 0.2) is 0 Å². The number of nitrogens with one attached hydrogen (secondary N) is 2. The lowest BCUT2D eigenvalue weighted by atomic mass is 9.91. The summed E-state index contributed by atoms with van der Waals surface area (Å²) in [4.78, 5) is 30.3. The van der Waals surface area contributed by atoms with Gasteiger partial charge in [0.1, 0.15) is 5.69 Å². The third-order valence-electron chi connectivity index (χ3n) is 3.59. The van der Waals surface area contributed by atoms with Gasteiger partial charge < -0.3 is 10.3 Å². The van der Waals surface area contributed by atoms with E-state index < -0.39 is 5.69 Å². The van der Waals surface area contributed by atoms with Crippen molar-refractivity contribution in [3.63, 3.8) is 0 Å². The lowest BCUT2D eigenvalue weighted by molar-refractivity contribution is 0.0952. The summed E-state index contributed by atoms with van der Waals surface area (Å²) in [5.74, 6) is -0.333. The highest BCUT2D eigenvalue weighted by Gasteiger charge is 2.18. The van der Waals surface area contributed by atoms with Crippen LogP contribution in [-0.4, -0.2) is 22.4 Å². The maximum atomic E-state index is 12.2. The van der Waals surface area contributed by atoms with Crippen LogP contribution in [0, 0.1) is 0 Å². The molecule has 1 rings (SSSR count). The second-order valence-electron chi connectivity index (χ2n) is 7.32. The highest BCUT2D eigenvalue weighted by molar-refractivity contribution is 5.92. The SMILES string of the molecule is CC(C)=CCC/C(C)=C/CNC(=O)c1cc(C(C)(C)C)[nH]c(=O)n1. The Morgan fingerprint density at radius 2 is 1.92 bits per heavy atom. The zero-order chi connectivity index (χ0) is 18.3. The summed E-state index contributed by atoms with van der Waals surface area (Å²) in [6, 6.07) is 1.64. The van der Waals surface area contributed by atoms with Gasteiger partial charge in [0.05, 0.1) is 0 Å². The van der Waals surface area contributed by atoms with Crippen LogP contribution in [-0.2, 0) is 5.41 Å². The van der Waals surface area contributed by atoms with Crippen LogP contribution in [0.15, 0.2) is 34.2 Å². The molecule has 1 amide bonds. The Balaban J connectivity index is 2.68. The van der Waals surface area contributed by atoms with Crippen molar-refractivity contribution in [1.82, 2.24) is 15.3 Å². The van der Waals surface area contributed by atoms with Gasteiger partial charge in [-0.2, -0.15) is 4.98 Å². The Hall–Kier alpha value is -2.17. The van der Waals surface area contributed by atoms with E-state index in [1.807, 2.05) is 33.8 Å². The molecule has 0 aliphatic rings. The molecule has 0 aliphatic carbocycles. The zero-order valence-electron chi connectivity index (χ0n) is 15.6. The molecule has 2 N–H and O–H groups in total. The molecule has 0 aromatic carbocycles. The van der Waals surface area contributed by atoms with Gasteiger partial charge in [0, 0.05) is 17.7 Å². The van der Waals surface area contributed by atoms with Gasteiger partial charge in [-0.15, -0.1) is 0 Å². The number of allylic oxidation sites excluding steroid dienone is 3. The number of hydrogen-bond donors (Lipinski definition) is 2. The molecule has 132 valence electrons. The molecule has 0 spiro atoms. The molecule has 5 nitrogen and oxygen atoms in total. The third kappa shape index (κ3) is 6.94. The van der Waals surface area contributed by atoms with Crippen LogP contribution in [0.1, 0.15) is 70.6 Å². The number of H-pyrrole nitrogens is 1. The minimum Gasteiger partial charge on any atom is -0.347 e. The number of amides is 1. The standard InChI is InChI=1S/C19H29N3O2/c1-13(2)8-7-9-14(3)10-11-20-17(23)15-12-16(19(4,5)6)22-18(24)21-15/h8,10,12H,7,9,11H2,1-6H3,(H,20,23)(H,21,22,24)/b14-10+. The summed E-state index contributed by atoms with van der Waals surface area (Å²) in [6.45, 7) is 12.6. The van der Waals surface area contributed by atoms with E-state index in [-0.39, 0.29) is 17.0 Å². The van der Waals surface area contributed by atoms with Crippen molar-refractivity contribution in [3.8, 4) is 0 Å². The molecule has 0 bridgehead atoms. The summed E-state index contributed by atoms with van der Waals surface area (Å²) in [5.41, 5.74) is 2.63. The first kappa shape index (κ1) is 19.9. The molecule has 0 saturated heterocycles. The van der Waals surface area contributed by atoms with E-state index in [4.69, 9.17) is 0 Å². The summed E-state index contributed by atoms with van der Waals surface area (Å²) < 4.78 is 0. The van der Waals surface area contributed by atoms with E-state index in [0.717, 1.165) is 12.8 Å². The van der Waals surface area contributed by atoms with Gasteiger partial charge in [-0.25, -0.2) is 4.79 Å². The monoisotopic (exact) mass is 331 g/mol. The molecule has 0 fully saturated rings. The predicted molar refractivity (Wildman–Crippen MR) is 98.3 cm³/mol. The largest absolute Gasteiger partial charge is 0.347 e. The van der Waals surface area contributed by atoms with E-state index in [0.29, 0.717) is 12.2 Å². The molecule has 0 saturated carbocycles. The van der Waals surface area contributed by atoms with E-state index >= 15 is 0 Å². The minimum atomic E-state index is -0.499. The number of carbonyl (C=O) groups is 1. The normalized spacial score (nSPS) is 12.0. The van der Waals surface area contributed by atoms with Crippen LogP contribution in [0.4, 0.5) is 0 Å². The molecule has 0 atom stereocenters. The Morgan fingerprint density at radius 3 is 2.50 bits per heavy atom. The highest BCUT2D eigenvalue weighted by atomic mass is 16.2. The van der Waals surface area contributed by atoms with Crippen LogP contribution >= 0.6 is 0 Å².